The van der Waals surface area contributed by atoms with Gasteiger partial charge >= 0.3 is 0 Å². The first-order valence-electron chi connectivity index (χ1n) is 11.6. The normalized spacial score (nSPS) is 12.7. The summed E-state index contributed by atoms with van der Waals surface area (Å²) >= 11 is 0. The van der Waals surface area contributed by atoms with Gasteiger partial charge in [0.2, 0.25) is 0 Å². The number of hydrogen-bond acceptors (Lipinski definition) is 6. The molecule has 1 aliphatic heterocycles. The minimum atomic E-state index is -0.424. The fourth-order valence-corrected chi connectivity index (χ4v) is 4.09. The maximum Gasteiger partial charge on any atom is 0.270 e. The second kappa shape index (κ2) is 9.61. The first-order chi connectivity index (χ1) is 17.4. The summed E-state index contributed by atoms with van der Waals surface area (Å²) in [6.07, 6.45) is 1.85. The zero-order valence-electron chi connectivity index (χ0n) is 20.0. The smallest absolute Gasteiger partial charge is 0.270 e. The molecule has 0 aliphatic carbocycles. The summed E-state index contributed by atoms with van der Waals surface area (Å²) in [4.78, 5) is 42.0. The lowest BCUT2D eigenvalue weighted by molar-refractivity contribution is -0.121. The van der Waals surface area contributed by atoms with Gasteiger partial charge in [0.05, 0.1) is 6.20 Å². The molecule has 9 heteroatoms. The van der Waals surface area contributed by atoms with Crippen molar-refractivity contribution in [3.63, 3.8) is 0 Å². The van der Waals surface area contributed by atoms with Gasteiger partial charge in [-0.3, -0.25) is 14.4 Å². The van der Waals surface area contributed by atoms with Crippen LogP contribution in [0.2, 0.25) is 0 Å². The highest BCUT2D eigenvalue weighted by molar-refractivity contribution is 5.98. The average molecular weight is 484 g/mol. The van der Waals surface area contributed by atoms with Crippen molar-refractivity contribution >= 4 is 23.2 Å². The highest BCUT2D eigenvalue weighted by atomic mass is 16.5. The Hall–Kier alpha value is -4.53. The number of ketones is 1. The second-order valence-corrected chi connectivity index (χ2v) is 8.86. The number of carbonyl (C=O) groups is 3. The predicted molar refractivity (Wildman–Crippen MR) is 132 cm³/mol. The lowest BCUT2D eigenvalue weighted by Crippen LogP contribution is -2.28. The van der Waals surface area contributed by atoms with Gasteiger partial charge in [-0.25, -0.2) is 9.50 Å². The molecule has 4 aromatic rings. The third-order valence-electron chi connectivity index (χ3n) is 6.20. The van der Waals surface area contributed by atoms with Crippen LogP contribution in [0.25, 0.3) is 5.65 Å². The summed E-state index contributed by atoms with van der Waals surface area (Å²) < 4.78 is 6.83. The number of rotatable bonds is 6. The molecule has 36 heavy (non-hydrogen) atoms. The van der Waals surface area contributed by atoms with E-state index in [0.29, 0.717) is 24.4 Å². The van der Waals surface area contributed by atoms with Gasteiger partial charge in [-0.05, 0) is 48.2 Å². The molecule has 0 spiro atoms. The van der Waals surface area contributed by atoms with Crippen LogP contribution >= 0.6 is 0 Å². The van der Waals surface area contributed by atoms with Crippen LogP contribution in [0.1, 0.15) is 48.8 Å². The number of ether oxygens (including phenoxy) is 1. The van der Waals surface area contributed by atoms with E-state index in [2.05, 4.69) is 20.7 Å². The number of aromatic nitrogens is 3. The Balaban J connectivity index is 1.31. The molecule has 182 valence electrons. The van der Waals surface area contributed by atoms with Gasteiger partial charge in [-0.2, -0.15) is 5.10 Å². The Bertz CT molecular complexity index is 1510. The van der Waals surface area contributed by atoms with Crippen LogP contribution in [0, 0.1) is 13.8 Å². The van der Waals surface area contributed by atoms with E-state index in [-0.39, 0.29) is 36.2 Å². The van der Waals surface area contributed by atoms with Crippen molar-refractivity contribution in [1.82, 2.24) is 25.2 Å². The number of carbonyl (C=O) groups excluding carboxylic acids is 3. The Kier molecular flexibility index (Phi) is 6.20. The van der Waals surface area contributed by atoms with Gasteiger partial charge in [0, 0.05) is 37.2 Å². The molecule has 1 aliphatic rings. The maximum atomic E-state index is 13.0. The van der Waals surface area contributed by atoms with Gasteiger partial charge in [0.15, 0.2) is 11.4 Å². The molecule has 0 saturated carbocycles. The van der Waals surface area contributed by atoms with E-state index in [1.165, 1.54) is 22.3 Å². The minimum Gasteiger partial charge on any atom is -0.486 e. The van der Waals surface area contributed by atoms with E-state index in [9.17, 15) is 14.4 Å². The van der Waals surface area contributed by atoms with Gasteiger partial charge in [-0.1, -0.05) is 24.3 Å². The Morgan fingerprint density at radius 3 is 2.50 bits per heavy atom. The largest absolute Gasteiger partial charge is 0.486 e. The van der Waals surface area contributed by atoms with Crippen molar-refractivity contribution in [2.24, 2.45) is 0 Å². The zero-order chi connectivity index (χ0) is 25.2. The number of amides is 2. The molecule has 2 aromatic carbocycles. The van der Waals surface area contributed by atoms with Crippen LogP contribution in [0.3, 0.4) is 0 Å². The molecule has 0 fully saturated rings. The number of benzene rings is 2. The number of nitrogens with zero attached hydrogens (tertiary/aromatic N) is 3. The molecule has 0 saturated heterocycles. The van der Waals surface area contributed by atoms with Crippen molar-refractivity contribution in [1.29, 1.82) is 0 Å². The molecular formula is C27H25N5O4. The second-order valence-electron chi connectivity index (χ2n) is 8.86. The van der Waals surface area contributed by atoms with Gasteiger partial charge in [-0.15, -0.1) is 0 Å². The number of aryl methyl sites for hydroxylation is 2. The molecule has 0 bridgehead atoms. The van der Waals surface area contributed by atoms with Crippen LogP contribution in [0.5, 0.6) is 5.75 Å². The van der Waals surface area contributed by atoms with E-state index in [1.54, 1.807) is 12.1 Å². The fraction of sp³-hybridized carbons (Fsp3) is 0.222. The van der Waals surface area contributed by atoms with E-state index in [0.717, 1.165) is 22.3 Å². The fourth-order valence-electron chi connectivity index (χ4n) is 4.09. The van der Waals surface area contributed by atoms with Crippen LogP contribution in [0.4, 0.5) is 0 Å². The molecule has 2 amide bonds. The monoisotopic (exact) mass is 483 g/mol. The summed E-state index contributed by atoms with van der Waals surface area (Å²) in [7, 11) is 0. The van der Waals surface area contributed by atoms with Crippen LogP contribution in [-0.2, 0) is 24.3 Å². The van der Waals surface area contributed by atoms with E-state index >= 15 is 0 Å². The van der Waals surface area contributed by atoms with Crippen molar-refractivity contribution in [3.05, 3.63) is 93.9 Å². The first-order valence-corrected chi connectivity index (χ1v) is 11.6. The molecule has 0 atom stereocenters. The quantitative estimate of drug-likeness (QED) is 0.436. The number of hydrogen-bond donors (Lipinski definition) is 2. The molecular weight excluding hydrogens is 458 g/mol. The van der Waals surface area contributed by atoms with E-state index in [1.807, 2.05) is 44.2 Å². The topological polar surface area (TPSA) is 115 Å². The molecule has 9 nitrogen and oxygen atoms in total. The zero-order valence-corrected chi connectivity index (χ0v) is 20.0. The third kappa shape index (κ3) is 4.81. The molecule has 0 unspecified atom stereocenters. The lowest BCUT2D eigenvalue weighted by Gasteiger charge is -2.17. The molecule has 2 aromatic heterocycles. The van der Waals surface area contributed by atoms with Crippen LogP contribution in [-0.4, -0.2) is 38.8 Å². The first kappa shape index (κ1) is 23.2. The van der Waals surface area contributed by atoms with E-state index in [4.69, 9.17) is 4.74 Å². The van der Waals surface area contributed by atoms with Gasteiger partial charge in [0.1, 0.15) is 23.7 Å². The Morgan fingerprint density at radius 1 is 0.944 bits per heavy atom. The lowest BCUT2D eigenvalue weighted by atomic mass is 10.0. The van der Waals surface area contributed by atoms with Crippen molar-refractivity contribution in [3.8, 4) is 5.75 Å². The summed E-state index contributed by atoms with van der Waals surface area (Å²) in [5.74, 6) is -0.0796. The van der Waals surface area contributed by atoms with E-state index < -0.39 is 5.91 Å². The number of Topliss-reactive ketones (excluding diaryl/α,β-unsaturated/α-hetero) is 1. The van der Waals surface area contributed by atoms with Crippen molar-refractivity contribution in [2.45, 2.75) is 33.4 Å². The highest BCUT2D eigenvalue weighted by Crippen LogP contribution is 2.24. The Labute approximate surface area is 207 Å². The Morgan fingerprint density at radius 2 is 1.69 bits per heavy atom. The number of nitrogens with one attached hydrogen (secondary N) is 2. The molecule has 3 heterocycles. The molecule has 5 rings (SSSR count). The summed E-state index contributed by atoms with van der Waals surface area (Å²) in [6, 6.07) is 14.6. The molecule has 0 radical (unpaired) electrons. The van der Waals surface area contributed by atoms with Crippen LogP contribution in [0.15, 0.2) is 54.7 Å². The van der Waals surface area contributed by atoms with Crippen molar-refractivity contribution < 1.29 is 19.1 Å². The SMILES string of the molecule is Cc1ccc(CNC(=O)c2cc(C(=O)NCc3ccc4c(c3)CC(=O)CO4)nc3ccnn23)cc1C. The summed E-state index contributed by atoms with van der Waals surface area (Å²) in [5, 5.41) is 9.92. The van der Waals surface area contributed by atoms with Crippen molar-refractivity contribution in [2.75, 3.05) is 6.61 Å². The molecule has 2 N–H and O–H groups in total. The van der Waals surface area contributed by atoms with Gasteiger partial charge < -0.3 is 15.4 Å². The number of fused-ring (bicyclic) bond motifs is 2. The van der Waals surface area contributed by atoms with Crippen LogP contribution < -0.4 is 15.4 Å². The predicted octanol–water partition coefficient (Wildman–Crippen LogP) is 2.71. The standard InChI is InChI=1S/C27H25N5O4/c1-16-3-4-18(9-17(16)2)13-29-27(35)23-12-22(31-25-7-8-30-32(23)25)26(34)28-14-19-5-6-24-20(10-19)11-21(33)15-36-24/h3-10,12H,11,13-15H2,1-2H3,(H,28,34)(H,29,35). The minimum absolute atomic E-state index is 0.0188. The average Bonchev–Trinajstić information content (AvgIpc) is 3.35. The third-order valence-corrected chi connectivity index (χ3v) is 6.20. The highest BCUT2D eigenvalue weighted by Gasteiger charge is 2.19. The summed E-state index contributed by atoms with van der Waals surface area (Å²) in [6.45, 7) is 4.74. The summed E-state index contributed by atoms with van der Waals surface area (Å²) in [5.41, 5.74) is 5.66. The van der Waals surface area contributed by atoms with Gasteiger partial charge in [0.25, 0.3) is 11.8 Å². The maximum absolute atomic E-state index is 13.0.